The molecule has 3 aromatic rings. The van der Waals surface area contributed by atoms with E-state index in [1.807, 2.05) is 44.2 Å². The van der Waals surface area contributed by atoms with E-state index in [4.69, 9.17) is 16.3 Å². The van der Waals surface area contributed by atoms with E-state index in [2.05, 4.69) is 10.6 Å². The van der Waals surface area contributed by atoms with Crippen molar-refractivity contribution in [3.63, 3.8) is 0 Å². The van der Waals surface area contributed by atoms with Gasteiger partial charge in [0.25, 0.3) is 0 Å². The number of alkyl halides is 3. The minimum absolute atomic E-state index is 0.108. The number of anilines is 2. The summed E-state index contributed by atoms with van der Waals surface area (Å²) < 4.78 is 44.4. The highest BCUT2D eigenvalue weighted by Gasteiger charge is 2.31. The summed E-state index contributed by atoms with van der Waals surface area (Å²) in [6, 6.07) is 19.0. The van der Waals surface area contributed by atoms with Gasteiger partial charge in [0.05, 0.1) is 16.3 Å². The van der Waals surface area contributed by atoms with Crippen molar-refractivity contribution in [2.75, 3.05) is 10.6 Å². The van der Waals surface area contributed by atoms with E-state index in [0.717, 1.165) is 17.7 Å². The minimum atomic E-state index is -4.49. The molecule has 0 unspecified atom stereocenters. The quantitative estimate of drug-likeness (QED) is 0.367. The fourth-order valence-corrected chi connectivity index (χ4v) is 3.34. The van der Waals surface area contributed by atoms with Crippen LogP contribution < -0.4 is 15.4 Å². The average molecular weight is 477 g/mol. The maximum Gasteiger partial charge on any atom is 0.416 e. The van der Waals surface area contributed by atoms with E-state index in [1.165, 1.54) is 6.07 Å². The number of benzene rings is 3. The first-order chi connectivity index (χ1) is 15.6. The van der Waals surface area contributed by atoms with Crippen LogP contribution in [0, 0.1) is 5.92 Å². The number of halogens is 4. The number of amides is 1. The number of carbonyl (C=O) groups excluding carboxylic acids is 1. The molecule has 0 aliphatic rings. The largest absolute Gasteiger partial charge is 0.489 e. The summed E-state index contributed by atoms with van der Waals surface area (Å²) in [5.74, 6) is 0.169. The highest BCUT2D eigenvalue weighted by atomic mass is 35.5. The topological polar surface area (TPSA) is 50.4 Å². The van der Waals surface area contributed by atoms with Gasteiger partial charge in [0.2, 0.25) is 5.91 Å². The summed E-state index contributed by atoms with van der Waals surface area (Å²) in [5.41, 5.74) is 1.02. The number of carbonyl (C=O) groups is 1. The predicted molar refractivity (Wildman–Crippen MR) is 125 cm³/mol. The van der Waals surface area contributed by atoms with Crippen molar-refractivity contribution in [1.82, 2.24) is 0 Å². The van der Waals surface area contributed by atoms with Gasteiger partial charge in [0, 0.05) is 5.69 Å². The van der Waals surface area contributed by atoms with Crippen molar-refractivity contribution in [2.45, 2.75) is 32.7 Å². The van der Waals surface area contributed by atoms with Crippen LogP contribution in [0.1, 0.15) is 25.0 Å². The van der Waals surface area contributed by atoms with Crippen LogP contribution in [0.3, 0.4) is 0 Å². The Morgan fingerprint density at radius 2 is 1.67 bits per heavy atom. The third-order valence-electron chi connectivity index (χ3n) is 4.93. The highest BCUT2D eigenvalue weighted by Crippen LogP contribution is 2.34. The molecule has 1 amide bonds. The Kier molecular flexibility index (Phi) is 7.87. The monoisotopic (exact) mass is 476 g/mol. The van der Waals surface area contributed by atoms with Crippen molar-refractivity contribution in [2.24, 2.45) is 5.92 Å². The van der Waals surface area contributed by atoms with Gasteiger partial charge < -0.3 is 15.4 Å². The molecular weight excluding hydrogens is 453 g/mol. The van der Waals surface area contributed by atoms with Gasteiger partial charge in [-0.2, -0.15) is 13.2 Å². The van der Waals surface area contributed by atoms with Crippen LogP contribution in [0.5, 0.6) is 5.75 Å². The molecule has 4 nitrogen and oxygen atoms in total. The molecule has 3 aromatic carbocycles. The Balaban J connectivity index is 1.63. The third kappa shape index (κ3) is 6.89. The zero-order chi connectivity index (χ0) is 24.0. The maximum atomic E-state index is 12.9. The first-order valence-electron chi connectivity index (χ1n) is 10.3. The lowest BCUT2D eigenvalue weighted by Gasteiger charge is -2.24. The lowest BCUT2D eigenvalue weighted by Crippen LogP contribution is -2.39. The number of rotatable bonds is 8. The molecule has 174 valence electrons. The maximum absolute atomic E-state index is 12.9. The van der Waals surface area contributed by atoms with Crippen molar-refractivity contribution >= 4 is 28.9 Å². The summed E-state index contributed by atoms with van der Waals surface area (Å²) >= 11 is 6.03. The van der Waals surface area contributed by atoms with Gasteiger partial charge in [-0.25, -0.2) is 0 Å². The molecule has 0 aromatic heterocycles. The van der Waals surface area contributed by atoms with Crippen molar-refractivity contribution in [3.05, 3.63) is 88.9 Å². The van der Waals surface area contributed by atoms with Crippen LogP contribution in [-0.2, 0) is 17.6 Å². The van der Waals surface area contributed by atoms with Crippen LogP contribution in [0.15, 0.2) is 72.8 Å². The minimum Gasteiger partial charge on any atom is -0.489 e. The second-order valence-electron chi connectivity index (χ2n) is 7.85. The van der Waals surface area contributed by atoms with Crippen LogP contribution in [-0.4, -0.2) is 11.9 Å². The van der Waals surface area contributed by atoms with Crippen molar-refractivity contribution in [3.8, 4) is 5.75 Å². The Morgan fingerprint density at radius 1 is 1.00 bits per heavy atom. The summed E-state index contributed by atoms with van der Waals surface area (Å²) in [7, 11) is 0. The summed E-state index contributed by atoms with van der Waals surface area (Å²) in [6.45, 7) is 4.09. The van der Waals surface area contributed by atoms with Gasteiger partial charge in [0.15, 0.2) is 0 Å². The fraction of sp³-hybridized carbons (Fsp3) is 0.240. The molecule has 0 saturated carbocycles. The lowest BCUT2D eigenvalue weighted by molar-refractivity contribution is -0.137. The highest BCUT2D eigenvalue weighted by molar-refractivity contribution is 6.33. The molecule has 0 fully saturated rings. The van der Waals surface area contributed by atoms with E-state index in [0.29, 0.717) is 18.0 Å². The molecule has 0 bridgehead atoms. The van der Waals surface area contributed by atoms with Gasteiger partial charge in [-0.05, 0) is 53.9 Å². The van der Waals surface area contributed by atoms with Crippen molar-refractivity contribution < 1.29 is 22.7 Å². The normalized spacial score (nSPS) is 12.3. The summed E-state index contributed by atoms with van der Waals surface area (Å²) in [5, 5.41) is 5.67. The van der Waals surface area contributed by atoms with Gasteiger partial charge >= 0.3 is 6.18 Å². The molecule has 0 heterocycles. The number of ether oxygens (including phenoxy) is 1. The van der Waals surface area contributed by atoms with Gasteiger partial charge in [-0.1, -0.05) is 55.8 Å². The van der Waals surface area contributed by atoms with Crippen LogP contribution in [0.4, 0.5) is 24.5 Å². The summed E-state index contributed by atoms with van der Waals surface area (Å²) in [4.78, 5) is 12.9. The first-order valence-corrected chi connectivity index (χ1v) is 10.7. The molecular formula is C25H24ClF3N2O2. The zero-order valence-corrected chi connectivity index (χ0v) is 18.9. The van der Waals surface area contributed by atoms with Crippen LogP contribution >= 0.6 is 11.6 Å². The lowest BCUT2D eigenvalue weighted by atomic mass is 10.0. The second-order valence-corrected chi connectivity index (χ2v) is 8.25. The fourth-order valence-electron chi connectivity index (χ4n) is 3.11. The Hall–Kier alpha value is -3.19. The molecule has 3 rings (SSSR count). The van der Waals surface area contributed by atoms with E-state index in [-0.39, 0.29) is 22.5 Å². The molecule has 8 heteroatoms. The van der Waals surface area contributed by atoms with Gasteiger partial charge in [0.1, 0.15) is 18.4 Å². The smallest absolute Gasteiger partial charge is 0.416 e. The van der Waals surface area contributed by atoms with Gasteiger partial charge in [-0.15, -0.1) is 0 Å². The average Bonchev–Trinajstić information content (AvgIpc) is 2.77. The first kappa shape index (κ1) is 24.5. The van der Waals surface area contributed by atoms with Crippen LogP contribution in [0.2, 0.25) is 5.02 Å². The van der Waals surface area contributed by atoms with E-state index in [1.54, 1.807) is 24.3 Å². The third-order valence-corrected chi connectivity index (χ3v) is 5.24. The van der Waals surface area contributed by atoms with E-state index in [9.17, 15) is 18.0 Å². The van der Waals surface area contributed by atoms with Crippen molar-refractivity contribution in [1.29, 1.82) is 0 Å². The number of hydrogen-bond donors (Lipinski definition) is 2. The SMILES string of the molecule is CC(C)[C@@H](Nc1ccc(C(F)(F)F)cc1Cl)C(=O)Nc1ccc(OCc2ccccc2)cc1. The predicted octanol–water partition coefficient (Wildman–Crippen LogP) is 7.01. The molecule has 33 heavy (non-hydrogen) atoms. The van der Waals surface area contributed by atoms with Gasteiger partial charge in [-0.3, -0.25) is 4.79 Å². The van der Waals surface area contributed by atoms with E-state index >= 15 is 0 Å². The standard InChI is InChI=1S/C25H24ClF3N2O2/c1-16(2)23(31-22-13-8-18(14-21(22)26)25(27,28)29)24(32)30-19-9-11-20(12-10-19)33-15-17-6-4-3-5-7-17/h3-14,16,23,31H,15H2,1-2H3,(H,30,32)/t23-/m1/s1. The molecule has 0 aliphatic carbocycles. The van der Waals surface area contributed by atoms with Crippen LogP contribution in [0.25, 0.3) is 0 Å². The molecule has 0 saturated heterocycles. The van der Waals surface area contributed by atoms with E-state index < -0.39 is 17.8 Å². The summed E-state index contributed by atoms with van der Waals surface area (Å²) in [6.07, 6.45) is -4.49. The molecule has 2 N–H and O–H groups in total. The molecule has 0 aliphatic heterocycles. The molecule has 0 spiro atoms. The Morgan fingerprint density at radius 3 is 2.24 bits per heavy atom. The number of hydrogen-bond acceptors (Lipinski definition) is 3. The molecule has 1 atom stereocenters. The molecule has 0 radical (unpaired) electrons. The second kappa shape index (κ2) is 10.6. The zero-order valence-electron chi connectivity index (χ0n) is 18.1. The Labute approximate surface area is 195 Å². The Bertz CT molecular complexity index is 1070. The number of nitrogens with one attached hydrogen (secondary N) is 2.